The largest absolute Gasteiger partial charge is 0.341 e. The number of carbonyl (C=O) groups excluding carboxylic acids is 1. The van der Waals surface area contributed by atoms with Gasteiger partial charge in [-0.25, -0.2) is 8.42 Å². The summed E-state index contributed by atoms with van der Waals surface area (Å²) in [4.78, 5) is 14.8. The molecule has 22 heavy (non-hydrogen) atoms. The molecule has 2 aliphatic heterocycles. The maximum absolute atomic E-state index is 13.0. The number of piperidine rings is 1. The highest BCUT2D eigenvalue weighted by molar-refractivity contribution is 7.92. The number of hydrogen-bond acceptors (Lipinski definition) is 4. The summed E-state index contributed by atoms with van der Waals surface area (Å²) >= 11 is 0. The first-order chi connectivity index (χ1) is 9.80. The Balaban J connectivity index is 0.00000242. The van der Waals surface area contributed by atoms with E-state index in [2.05, 4.69) is 19.2 Å². The molecule has 0 radical (unpaired) electrons. The number of carbonyl (C=O) groups is 1. The molecule has 2 fully saturated rings. The van der Waals surface area contributed by atoms with Crippen molar-refractivity contribution in [2.45, 2.75) is 50.7 Å². The number of sulfone groups is 1. The molecule has 0 atom stereocenters. The summed E-state index contributed by atoms with van der Waals surface area (Å²) < 4.78 is 23.5. The molecule has 0 aromatic heterocycles. The molecule has 0 spiro atoms. The molecule has 1 N–H and O–H groups in total. The second kappa shape index (κ2) is 7.05. The van der Waals surface area contributed by atoms with Crippen molar-refractivity contribution in [3.05, 3.63) is 0 Å². The van der Waals surface area contributed by atoms with E-state index in [0.29, 0.717) is 39.0 Å². The minimum Gasteiger partial charge on any atom is -0.341 e. The number of nitrogens with one attached hydrogen (secondary N) is 1. The highest BCUT2D eigenvalue weighted by atomic mass is 35.5. The first kappa shape index (κ1) is 19.7. The molecular weight excluding hydrogens is 324 g/mol. The van der Waals surface area contributed by atoms with Crippen LogP contribution in [0, 0.1) is 5.41 Å². The molecule has 1 amide bonds. The Morgan fingerprint density at radius 2 is 1.68 bits per heavy atom. The van der Waals surface area contributed by atoms with Gasteiger partial charge < -0.3 is 10.2 Å². The second-order valence-corrected chi connectivity index (χ2v) is 9.03. The highest BCUT2D eigenvalue weighted by Gasteiger charge is 2.52. The fourth-order valence-electron chi connectivity index (χ4n) is 3.80. The fraction of sp³-hybridized carbons (Fsp3) is 0.933. The van der Waals surface area contributed by atoms with E-state index in [1.54, 1.807) is 0 Å². The highest BCUT2D eigenvalue weighted by Crippen LogP contribution is 2.39. The van der Waals surface area contributed by atoms with Crippen LogP contribution in [0.2, 0.25) is 0 Å². The van der Waals surface area contributed by atoms with Crippen LogP contribution >= 0.6 is 12.4 Å². The smallest absolute Gasteiger partial charge is 0.244 e. The van der Waals surface area contributed by atoms with Crippen LogP contribution in [-0.2, 0) is 14.6 Å². The lowest BCUT2D eigenvalue weighted by atomic mass is 9.82. The predicted molar refractivity (Wildman–Crippen MR) is 91.1 cm³/mol. The van der Waals surface area contributed by atoms with E-state index in [4.69, 9.17) is 0 Å². The third kappa shape index (κ3) is 3.29. The van der Waals surface area contributed by atoms with Crippen molar-refractivity contribution in [1.29, 1.82) is 0 Å². The van der Waals surface area contributed by atoms with Crippen LogP contribution in [0.25, 0.3) is 0 Å². The summed E-state index contributed by atoms with van der Waals surface area (Å²) in [7, 11) is -3.41. The average Bonchev–Trinajstić information content (AvgIpc) is 2.91. The Hall–Kier alpha value is -0.330. The SMILES string of the molecule is CCC1(CC)CCN(C(=O)C2(S(C)(=O)=O)CCNCC2)C1.Cl. The van der Waals surface area contributed by atoms with Crippen molar-refractivity contribution in [1.82, 2.24) is 10.2 Å². The Morgan fingerprint density at radius 3 is 2.09 bits per heavy atom. The average molecular weight is 353 g/mol. The van der Waals surface area contributed by atoms with Crippen molar-refractivity contribution in [3.8, 4) is 0 Å². The fourth-order valence-corrected chi connectivity index (χ4v) is 5.19. The minimum absolute atomic E-state index is 0. The molecule has 2 heterocycles. The summed E-state index contributed by atoms with van der Waals surface area (Å²) in [6.07, 6.45) is 5.09. The molecule has 0 aliphatic carbocycles. The zero-order valence-corrected chi connectivity index (χ0v) is 15.5. The van der Waals surface area contributed by atoms with Gasteiger partial charge in [0.05, 0.1) is 0 Å². The Labute approximate surface area is 140 Å². The number of rotatable bonds is 4. The van der Waals surface area contributed by atoms with Crippen molar-refractivity contribution in [2.75, 3.05) is 32.4 Å². The molecule has 0 bridgehead atoms. The number of amides is 1. The van der Waals surface area contributed by atoms with E-state index in [0.717, 1.165) is 19.3 Å². The van der Waals surface area contributed by atoms with Gasteiger partial charge in [-0.2, -0.15) is 0 Å². The van der Waals surface area contributed by atoms with Gasteiger partial charge in [0.1, 0.15) is 0 Å². The number of nitrogens with zero attached hydrogens (tertiary/aromatic N) is 1. The molecule has 5 nitrogen and oxygen atoms in total. The van der Waals surface area contributed by atoms with Gasteiger partial charge in [-0.1, -0.05) is 13.8 Å². The van der Waals surface area contributed by atoms with E-state index in [1.807, 2.05) is 4.90 Å². The Morgan fingerprint density at radius 1 is 1.14 bits per heavy atom. The van der Waals surface area contributed by atoms with E-state index >= 15 is 0 Å². The zero-order valence-electron chi connectivity index (χ0n) is 13.9. The molecule has 130 valence electrons. The maximum Gasteiger partial charge on any atom is 0.244 e. The van der Waals surface area contributed by atoms with Gasteiger partial charge in [-0.05, 0) is 50.6 Å². The molecule has 0 unspecified atom stereocenters. The summed E-state index contributed by atoms with van der Waals surface area (Å²) in [6, 6.07) is 0. The first-order valence-electron chi connectivity index (χ1n) is 8.00. The number of likely N-dealkylation sites (tertiary alicyclic amines) is 1. The monoisotopic (exact) mass is 352 g/mol. The van der Waals surface area contributed by atoms with Crippen LogP contribution in [0.5, 0.6) is 0 Å². The van der Waals surface area contributed by atoms with Crippen molar-refractivity contribution >= 4 is 28.2 Å². The first-order valence-corrected chi connectivity index (χ1v) is 9.89. The van der Waals surface area contributed by atoms with Crippen LogP contribution < -0.4 is 5.32 Å². The van der Waals surface area contributed by atoms with E-state index < -0.39 is 14.6 Å². The topological polar surface area (TPSA) is 66.5 Å². The molecule has 7 heteroatoms. The lowest BCUT2D eigenvalue weighted by Gasteiger charge is -2.38. The normalized spacial score (nSPS) is 23.9. The quantitative estimate of drug-likeness (QED) is 0.834. The Bertz CT molecular complexity index is 497. The van der Waals surface area contributed by atoms with E-state index in [9.17, 15) is 13.2 Å². The third-order valence-electron chi connectivity index (χ3n) is 5.74. The zero-order chi connectivity index (χ0) is 15.7. The van der Waals surface area contributed by atoms with Gasteiger partial charge >= 0.3 is 0 Å². The summed E-state index contributed by atoms with van der Waals surface area (Å²) in [5, 5.41) is 3.16. The molecule has 2 saturated heterocycles. The predicted octanol–water partition coefficient (Wildman–Crippen LogP) is 1.61. The van der Waals surface area contributed by atoms with Crippen LogP contribution in [0.3, 0.4) is 0 Å². The molecule has 0 aromatic rings. The van der Waals surface area contributed by atoms with Gasteiger partial charge in [-0.15, -0.1) is 12.4 Å². The van der Waals surface area contributed by atoms with Crippen LogP contribution in [0.4, 0.5) is 0 Å². The number of hydrogen-bond donors (Lipinski definition) is 1. The van der Waals surface area contributed by atoms with E-state index in [-0.39, 0.29) is 23.7 Å². The van der Waals surface area contributed by atoms with Crippen molar-refractivity contribution in [2.24, 2.45) is 5.41 Å². The number of halogens is 1. The summed E-state index contributed by atoms with van der Waals surface area (Å²) in [6.45, 7) is 6.93. The molecule has 0 saturated carbocycles. The van der Waals surface area contributed by atoms with Gasteiger partial charge in [0, 0.05) is 19.3 Å². The maximum atomic E-state index is 13.0. The Kier molecular flexibility index (Phi) is 6.32. The third-order valence-corrected chi connectivity index (χ3v) is 7.74. The molecular formula is C15H29ClN2O3S. The van der Waals surface area contributed by atoms with Crippen LogP contribution in [-0.4, -0.2) is 56.4 Å². The summed E-state index contributed by atoms with van der Waals surface area (Å²) in [5.74, 6) is -0.157. The van der Waals surface area contributed by atoms with Crippen LogP contribution in [0.1, 0.15) is 46.0 Å². The molecule has 0 aromatic carbocycles. The lowest BCUT2D eigenvalue weighted by molar-refractivity contribution is -0.134. The summed E-state index contributed by atoms with van der Waals surface area (Å²) in [5.41, 5.74) is 0.182. The minimum atomic E-state index is -3.41. The van der Waals surface area contributed by atoms with Crippen molar-refractivity contribution < 1.29 is 13.2 Å². The van der Waals surface area contributed by atoms with Crippen LogP contribution in [0.15, 0.2) is 0 Å². The molecule has 2 rings (SSSR count). The van der Waals surface area contributed by atoms with Gasteiger partial charge in [-0.3, -0.25) is 4.79 Å². The van der Waals surface area contributed by atoms with Gasteiger partial charge in [0.25, 0.3) is 0 Å². The lowest BCUT2D eigenvalue weighted by Crippen LogP contribution is -2.58. The van der Waals surface area contributed by atoms with E-state index in [1.165, 1.54) is 6.26 Å². The van der Waals surface area contributed by atoms with Crippen molar-refractivity contribution in [3.63, 3.8) is 0 Å². The van der Waals surface area contributed by atoms with Gasteiger partial charge in [0.2, 0.25) is 5.91 Å². The standard InChI is InChI=1S/C15H28N2O3S.ClH/c1-4-14(5-2)8-11-17(12-14)13(18)15(21(3,19)20)6-9-16-10-7-15;/h16H,4-12H2,1-3H3;1H. The molecule has 2 aliphatic rings. The van der Waals surface area contributed by atoms with Gasteiger partial charge in [0.15, 0.2) is 14.6 Å². The second-order valence-electron chi connectivity index (χ2n) is 6.70.